The van der Waals surface area contributed by atoms with E-state index in [1.165, 1.54) is 28.4 Å². The molecule has 1 aromatic heterocycles. The molecular weight excluding hydrogens is 192 g/mol. The number of hydrogen-bond donors (Lipinski definition) is 1. The van der Waals surface area contributed by atoms with Gasteiger partial charge in [0.2, 0.25) is 0 Å². The molecule has 14 heavy (non-hydrogen) atoms. The van der Waals surface area contributed by atoms with Gasteiger partial charge in [0.25, 0.3) is 0 Å². The summed E-state index contributed by atoms with van der Waals surface area (Å²) >= 11 is 1.85. The highest BCUT2D eigenvalue weighted by Gasteiger charge is 2.45. The van der Waals surface area contributed by atoms with E-state index >= 15 is 0 Å². The van der Waals surface area contributed by atoms with E-state index in [4.69, 9.17) is 10.7 Å². The quantitative estimate of drug-likeness (QED) is 0.832. The predicted molar refractivity (Wildman–Crippen MR) is 60.9 cm³/mol. The molecule has 0 bridgehead atoms. The summed E-state index contributed by atoms with van der Waals surface area (Å²) in [5, 5.41) is 1.28. The molecule has 1 aliphatic rings. The third-order valence-electron chi connectivity index (χ3n) is 3.08. The molecule has 0 atom stereocenters. The van der Waals surface area contributed by atoms with Gasteiger partial charge in [-0.05, 0) is 25.7 Å². The summed E-state index contributed by atoms with van der Waals surface area (Å²) in [5.74, 6) is 0.536. The first-order valence-electron chi connectivity index (χ1n) is 5.27. The van der Waals surface area contributed by atoms with E-state index in [0.29, 0.717) is 5.92 Å². The minimum Gasteiger partial charge on any atom is -0.329 e. The van der Waals surface area contributed by atoms with Crippen LogP contribution in [0, 0.1) is 6.92 Å². The SMILES string of the molecule is Cc1sc(C2(CN)CC2)nc1C(C)C. The molecule has 1 saturated carbocycles. The standard InChI is InChI=1S/C11H18N2S/c1-7(2)9-8(3)14-10(13-9)11(6-12)4-5-11/h7H,4-6,12H2,1-3H3. The van der Waals surface area contributed by atoms with E-state index in [0.717, 1.165) is 6.54 Å². The maximum Gasteiger partial charge on any atom is 0.101 e. The molecule has 1 aromatic rings. The molecule has 2 nitrogen and oxygen atoms in total. The van der Waals surface area contributed by atoms with Gasteiger partial charge >= 0.3 is 0 Å². The number of hydrogen-bond acceptors (Lipinski definition) is 3. The summed E-state index contributed by atoms with van der Waals surface area (Å²) in [4.78, 5) is 6.12. The molecule has 0 aromatic carbocycles. The number of rotatable bonds is 3. The molecule has 2 rings (SSSR count). The van der Waals surface area contributed by atoms with Crippen LogP contribution in [0.4, 0.5) is 0 Å². The summed E-state index contributed by atoms with van der Waals surface area (Å²) < 4.78 is 0. The predicted octanol–water partition coefficient (Wildman–Crippen LogP) is 2.57. The second kappa shape index (κ2) is 3.31. The third kappa shape index (κ3) is 1.48. The van der Waals surface area contributed by atoms with Crippen LogP contribution in [-0.4, -0.2) is 11.5 Å². The maximum atomic E-state index is 5.80. The molecule has 0 aliphatic heterocycles. The maximum absolute atomic E-state index is 5.80. The fourth-order valence-corrected chi connectivity index (χ4v) is 3.15. The molecule has 78 valence electrons. The van der Waals surface area contributed by atoms with Gasteiger partial charge in [0, 0.05) is 16.8 Å². The number of aryl methyl sites for hydroxylation is 1. The highest BCUT2D eigenvalue weighted by Crippen LogP contribution is 2.49. The molecule has 0 saturated heterocycles. The zero-order valence-corrected chi connectivity index (χ0v) is 9.95. The molecule has 1 heterocycles. The Balaban J connectivity index is 2.33. The Labute approximate surface area is 89.5 Å². The van der Waals surface area contributed by atoms with Crippen molar-refractivity contribution in [2.45, 2.75) is 44.9 Å². The largest absolute Gasteiger partial charge is 0.329 e. The van der Waals surface area contributed by atoms with Crippen LogP contribution in [0.15, 0.2) is 0 Å². The Morgan fingerprint density at radius 2 is 2.14 bits per heavy atom. The van der Waals surface area contributed by atoms with Crippen molar-refractivity contribution >= 4 is 11.3 Å². The summed E-state index contributed by atoms with van der Waals surface area (Å²) in [5.41, 5.74) is 7.34. The van der Waals surface area contributed by atoms with E-state index in [-0.39, 0.29) is 5.41 Å². The van der Waals surface area contributed by atoms with Crippen LogP contribution in [0.3, 0.4) is 0 Å². The number of aromatic nitrogens is 1. The second-order valence-electron chi connectivity index (χ2n) is 4.60. The molecule has 0 unspecified atom stereocenters. The van der Waals surface area contributed by atoms with Crippen LogP contribution >= 0.6 is 11.3 Å². The lowest BCUT2D eigenvalue weighted by Gasteiger charge is -2.07. The highest BCUT2D eigenvalue weighted by molar-refractivity contribution is 7.11. The van der Waals surface area contributed by atoms with Crippen LogP contribution in [0.5, 0.6) is 0 Å². The van der Waals surface area contributed by atoms with Gasteiger partial charge < -0.3 is 5.73 Å². The van der Waals surface area contributed by atoms with Crippen molar-refractivity contribution in [1.29, 1.82) is 0 Å². The zero-order chi connectivity index (χ0) is 10.3. The van der Waals surface area contributed by atoms with E-state index in [9.17, 15) is 0 Å². The van der Waals surface area contributed by atoms with Crippen molar-refractivity contribution in [3.05, 3.63) is 15.6 Å². The van der Waals surface area contributed by atoms with Gasteiger partial charge in [0.15, 0.2) is 0 Å². The van der Waals surface area contributed by atoms with Gasteiger partial charge in [-0.25, -0.2) is 4.98 Å². The lowest BCUT2D eigenvalue weighted by Crippen LogP contribution is -2.19. The number of nitrogens with two attached hydrogens (primary N) is 1. The molecule has 1 fully saturated rings. The van der Waals surface area contributed by atoms with Crippen molar-refractivity contribution in [2.24, 2.45) is 5.73 Å². The van der Waals surface area contributed by atoms with Crippen LogP contribution in [-0.2, 0) is 5.41 Å². The van der Waals surface area contributed by atoms with Crippen molar-refractivity contribution in [3.63, 3.8) is 0 Å². The monoisotopic (exact) mass is 210 g/mol. The summed E-state index contributed by atoms with van der Waals surface area (Å²) in [6.07, 6.45) is 2.46. The second-order valence-corrected chi connectivity index (χ2v) is 5.80. The molecule has 2 N–H and O–H groups in total. The first-order valence-corrected chi connectivity index (χ1v) is 6.08. The van der Waals surface area contributed by atoms with E-state index in [1.807, 2.05) is 11.3 Å². The lowest BCUT2D eigenvalue weighted by atomic mass is 10.1. The number of thiazole rings is 1. The van der Waals surface area contributed by atoms with E-state index in [1.54, 1.807) is 0 Å². The minimum absolute atomic E-state index is 0.266. The van der Waals surface area contributed by atoms with Crippen LogP contribution in [0.25, 0.3) is 0 Å². The van der Waals surface area contributed by atoms with E-state index in [2.05, 4.69) is 20.8 Å². The Morgan fingerprint density at radius 3 is 2.50 bits per heavy atom. The van der Waals surface area contributed by atoms with Gasteiger partial charge in [-0.3, -0.25) is 0 Å². The Hall–Kier alpha value is -0.410. The fourth-order valence-electron chi connectivity index (χ4n) is 1.83. The first kappa shape index (κ1) is 10.1. The van der Waals surface area contributed by atoms with Crippen LogP contribution < -0.4 is 5.73 Å². The molecule has 1 aliphatic carbocycles. The number of nitrogens with zero attached hydrogens (tertiary/aromatic N) is 1. The van der Waals surface area contributed by atoms with Crippen molar-refractivity contribution in [1.82, 2.24) is 4.98 Å². The van der Waals surface area contributed by atoms with Crippen molar-refractivity contribution in [3.8, 4) is 0 Å². The zero-order valence-electron chi connectivity index (χ0n) is 9.13. The Morgan fingerprint density at radius 1 is 1.50 bits per heavy atom. The van der Waals surface area contributed by atoms with Crippen molar-refractivity contribution in [2.75, 3.05) is 6.54 Å². The van der Waals surface area contributed by atoms with Gasteiger partial charge in [0.05, 0.1) is 5.69 Å². The molecule has 0 radical (unpaired) electrons. The average Bonchev–Trinajstić information content (AvgIpc) is 2.84. The van der Waals surface area contributed by atoms with Crippen LogP contribution in [0.1, 0.15) is 48.2 Å². The molecular formula is C11H18N2S. The molecule has 0 spiro atoms. The average molecular weight is 210 g/mol. The summed E-state index contributed by atoms with van der Waals surface area (Å²) in [6, 6.07) is 0. The summed E-state index contributed by atoms with van der Waals surface area (Å²) in [6.45, 7) is 7.34. The van der Waals surface area contributed by atoms with Crippen molar-refractivity contribution < 1.29 is 0 Å². The topological polar surface area (TPSA) is 38.9 Å². The lowest BCUT2D eigenvalue weighted by molar-refractivity contribution is 0.687. The third-order valence-corrected chi connectivity index (χ3v) is 4.31. The van der Waals surface area contributed by atoms with Gasteiger partial charge in [0.1, 0.15) is 5.01 Å². The Bertz CT molecular complexity index is 337. The van der Waals surface area contributed by atoms with Gasteiger partial charge in [-0.15, -0.1) is 11.3 Å². The molecule has 3 heteroatoms. The van der Waals surface area contributed by atoms with Gasteiger partial charge in [-0.1, -0.05) is 13.8 Å². The Kier molecular flexibility index (Phi) is 2.40. The normalized spacial score (nSPS) is 18.9. The smallest absolute Gasteiger partial charge is 0.101 e. The minimum atomic E-state index is 0.266. The first-order chi connectivity index (χ1) is 6.59. The molecule has 0 amide bonds. The van der Waals surface area contributed by atoms with E-state index < -0.39 is 0 Å². The van der Waals surface area contributed by atoms with Crippen LogP contribution in [0.2, 0.25) is 0 Å². The van der Waals surface area contributed by atoms with Gasteiger partial charge in [-0.2, -0.15) is 0 Å². The summed E-state index contributed by atoms with van der Waals surface area (Å²) in [7, 11) is 0. The fraction of sp³-hybridized carbons (Fsp3) is 0.727. The highest BCUT2D eigenvalue weighted by atomic mass is 32.1.